The lowest BCUT2D eigenvalue weighted by molar-refractivity contribution is 0.0600. The Morgan fingerprint density at radius 3 is 2.56 bits per heavy atom. The number of nitrogens with two attached hydrogens (primary N) is 1. The number of nitrogen functional groups attached to an aromatic ring is 1. The predicted octanol–water partition coefficient (Wildman–Crippen LogP) is 3.35. The number of aromatic nitrogens is 1. The maximum Gasteiger partial charge on any atom is 0.337 e. The number of nitrogens with zero attached hydrogens (tertiary/aromatic N) is 2. The summed E-state index contributed by atoms with van der Waals surface area (Å²) in [5, 5.41) is 5.93. The minimum Gasteiger partial charge on any atom is -0.465 e. The van der Waals surface area contributed by atoms with Crippen LogP contribution in [0, 0.1) is 0 Å². The van der Waals surface area contributed by atoms with Gasteiger partial charge >= 0.3 is 12.0 Å². The number of amides is 3. The average molecular weight is 452 g/mol. The second kappa shape index (κ2) is 9.06. The molecule has 1 aliphatic rings. The summed E-state index contributed by atoms with van der Waals surface area (Å²) in [7, 11) is 1.31. The number of methoxy groups -OCH3 is 1. The van der Waals surface area contributed by atoms with Crippen LogP contribution in [-0.2, 0) is 17.7 Å². The van der Waals surface area contributed by atoms with Crippen molar-refractivity contribution in [1.82, 2.24) is 9.88 Å². The molecule has 4 N–H and O–H groups in total. The van der Waals surface area contributed by atoms with E-state index in [2.05, 4.69) is 20.4 Å². The lowest BCUT2D eigenvalue weighted by Crippen LogP contribution is -2.38. The smallest absolute Gasteiger partial charge is 0.337 e. The number of hydrogen-bond donors (Lipinski definition) is 3. The lowest BCUT2D eigenvalue weighted by Gasteiger charge is -2.26. The molecule has 32 heavy (non-hydrogen) atoms. The number of urea groups is 1. The Kier molecular flexibility index (Phi) is 6.04. The molecule has 10 heteroatoms. The van der Waals surface area contributed by atoms with E-state index in [0.717, 1.165) is 10.6 Å². The highest BCUT2D eigenvalue weighted by molar-refractivity contribution is 7.13. The Hall–Kier alpha value is -3.92. The minimum atomic E-state index is -0.438. The Labute approximate surface area is 188 Å². The van der Waals surface area contributed by atoms with E-state index >= 15 is 0 Å². The maximum atomic E-state index is 12.7. The molecule has 0 saturated heterocycles. The molecule has 0 unspecified atom stereocenters. The monoisotopic (exact) mass is 451 g/mol. The fourth-order valence-electron chi connectivity index (χ4n) is 3.26. The van der Waals surface area contributed by atoms with Crippen molar-refractivity contribution in [3.8, 4) is 0 Å². The Balaban J connectivity index is 1.40. The zero-order chi connectivity index (χ0) is 22.7. The largest absolute Gasteiger partial charge is 0.465 e. The maximum absolute atomic E-state index is 12.7. The van der Waals surface area contributed by atoms with Crippen molar-refractivity contribution < 1.29 is 19.1 Å². The van der Waals surface area contributed by atoms with Gasteiger partial charge in [-0.05, 0) is 36.4 Å². The quantitative estimate of drug-likeness (QED) is 0.412. The van der Waals surface area contributed by atoms with E-state index < -0.39 is 5.97 Å². The van der Waals surface area contributed by atoms with E-state index in [1.165, 1.54) is 18.4 Å². The first-order valence-corrected chi connectivity index (χ1v) is 10.6. The second-order valence-electron chi connectivity index (χ2n) is 7.10. The van der Waals surface area contributed by atoms with Crippen LogP contribution in [0.3, 0.4) is 0 Å². The van der Waals surface area contributed by atoms with E-state index in [9.17, 15) is 14.4 Å². The van der Waals surface area contributed by atoms with Gasteiger partial charge in [0.1, 0.15) is 0 Å². The third-order valence-electron chi connectivity index (χ3n) is 4.98. The van der Waals surface area contributed by atoms with E-state index in [0.29, 0.717) is 47.1 Å². The number of hydrogen-bond acceptors (Lipinski definition) is 7. The number of fused-ring (bicyclic) bond motifs is 1. The molecule has 0 fully saturated rings. The van der Waals surface area contributed by atoms with E-state index in [1.54, 1.807) is 53.4 Å². The van der Waals surface area contributed by atoms with Gasteiger partial charge in [0.05, 0.1) is 36.3 Å². The number of carbonyl (C=O) groups excluding carboxylic acids is 3. The molecule has 1 aliphatic heterocycles. The topological polar surface area (TPSA) is 127 Å². The highest BCUT2D eigenvalue weighted by Gasteiger charge is 2.26. The number of carbonyl (C=O) groups is 3. The Bertz CT molecular complexity index is 1180. The summed E-state index contributed by atoms with van der Waals surface area (Å²) in [4.78, 5) is 43.8. The van der Waals surface area contributed by atoms with E-state index in [4.69, 9.17) is 5.73 Å². The number of ether oxygens (including phenoxy) is 1. The number of anilines is 3. The molecule has 0 spiro atoms. The molecule has 0 saturated carbocycles. The van der Waals surface area contributed by atoms with Gasteiger partial charge in [-0.25, -0.2) is 14.6 Å². The second-order valence-corrected chi connectivity index (χ2v) is 8.18. The van der Waals surface area contributed by atoms with Crippen molar-refractivity contribution in [2.75, 3.05) is 30.0 Å². The molecule has 0 radical (unpaired) electrons. The predicted molar refractivity (Wildman–Crippen MR) is 122 cm³/mol. The third-order valence-corrected chi connectivity index (χ3v) is 6.06. The molecular formula is C22H21N5O4S. The molecule has 0 aliphatic carbocycles. The van der Waals surface area contributed by atoms with Crippen LogP contribution in [0.2, 0.25) is 0 Å². The van der Waals surface area contributed by atoms with Crippen LogP contribution < -0.4 is 16.4 Å². The first-order chi connectivity index (χ1) is 15.4. The van der Waals surface area contributed by atoms with Crippen molar-refractivity contribution in [2.45, 2.75) is 13.0 Å². The number of nitrogens with one attached hydrogen (secondary N) is 2. The molecule has 3 amide bonds. The molecule has 3 aromatic rings. The summed E-state index contributed by atoms with van der Waals surface area (Å²) >= 11 is 1.27. The Morgan fingerprint density at radius 2 is 1.84 bits per heavy atom. The van der Waals surface area contributed by atoms with Crippen molar-refractivity contribution in [3.05, 3.63) is 69.7 Å². The summed E-state index contributed by atoms with van der Waals surface area (Å²) in [6.07, 6.45) is 0.557. The fourth-order valence-corrected chi connectivity index (χ4v) is 4.28. The average Bonchev–Trinajstić information content (AvgIpc) is 3.24. The van der Waals surface area contributed by atoms with Crippen LogP contribution in [0.5, 0.6) is 0 Å². The van der Waals surface area contributed by atoms with Gasteiger partial charge in [-0.2, -0.15) is 0 Å². The molecule has 0 atom stereocenters. The standard InChI is InChI=1S/C22H21N5O4S/c1-31-21(29)13-6-8-14(9-7-13)24-22(30)27-11-10-17-18(12-27)32-20(26-17)19(28)25-16-5-3-2-4-15(16)23/h2-9H,10-12,23H2,1H3,(H,24,30)(H,25,28). The molecular weight excluding hydrogens is 430 g/mol. The van der Waals surface area contributed by atoms with Crippen molar-refractivity contribution >= 4 is 46.3 Å². The number of rotatable bonds is 4. The third kappa shape index (κ3) is 4.54. The number of thiazole rings is 1. The number of benzene rings is 2. The molecule has 9 nitrogen and oxygen atoms in total. The first-order valence-electron chi connectivity index (χ1n) is 9.83. The van der Waals surface area contributed by atoms with Crippen LogP contribution >= 0.6 is 11.3 Å². The molecule has 2 aromatic carbocycles. The van der Waals surface area contributed by atoms with Crippen LogP contribution in [0.25, 0.3) is 0 Å². The molecule has 0 bridgehead atoms. The van der Waals surface area contributed by atoms with Crippen LogP contribution in [0.4, 0.5) is 21.9 Å². The SMILES string of the molecule is COC(=O)c1ccc(NC(=O)N2CCc3nc(C(=O)Nc4ccccc4N)sc3C2)cc1. The molecule has 2 heterocycles. The van der Waals surface area contributed by atoms with Crippen LogP contribution in [-0.4, -0.2) is 41.4 Å². The van der Waals surface area contributed by atoms with Gasteiger partial charge in [-0.1, -0.05) is 12.1 Å². The fraction of sp³-hybridized carbons (Fsp3) is 0.182. The zero-order valence-corrected chi connectivity index (χ0v) is 18.1. The summed E-state index contributed by atoms with van der Waals surface area (Å²) in [6.45, 7) is 0.843. The van der Waals surface area contributed by atoms with Crippen molar-refractivity contribution in [1.29, 1.82) is 0 Å². The van der Waals surface area contributed by atoms with Gasteiger partial charge in [0.25, 0.3) is 5.91 Å². The van der Waals surface area contributed by atoms with E-state index in [-0.39, 0.29) is 11.9 Å². The summed E-state index contributed by atoms with van der Waals surface area (Å²) in [5.41, 5.74) is 8.69. The van der Waals surface area contributed by atoms with Crippen molar-refractivity contribution in [2.24, 2.45) is 0 Å². The normalized spacial score (nSPS) is 12.6. The van der Waals surface area contributed by atoms with Crippen LogP contribution in [0.1, 0.15) is 30.7 Å². The zero-order valence-electron chi connectivity index (χ0n) is 17.3. The van der Waals surface area contributed by atoms with Crippen molar-refractivity contribution in [3.63, 3.8) is 0 Å². The highest BCUT2D eigenvalue weighted by Crippen LogP contribution is 2.27. The highest BCUT2D eigenvalue weighted by atomic mass is 32.1. The minimum absolute atomic E-state index is 0.266. The van der Waals surface area contributed by atoms with Crippen LogP contribution in [0.15, 0.2) is 48.5 Å². The summed E-state index contributed by atoms with van der Waals surface area (Å²) in [5.74, 6) is -0.768. The van der Waals surface area contributed by atoms with E-state index in [1.807, 2.05) is 0 Å². The lowest BCUT2D eigenvalue weighted by atomic mass is 10.2. The molecule has 164 valence electrons. The Morgan fingerprint density at radius 1 is 1.09 bits per heavy atom. The number of esters is 1. The van der Waals surface area contributed by atoms with Gasteiger partial charge in [0.2, 0.25) is 0 Å². The summed E-state index contributed by atoms with van der Waals surface area (Å²) < 4.78 is 4.67. The van der Waals surface area contributed by atoms with Gasteiger partial charge < -0.3 is 26.0 Å². The van der Waals surface area contributed by atoms with Gasteiger partial charge in [0, 0.05) is 23.5 Å². The number of para-hydroxylation sites is 2. The van der Waals surface area contributed by atoms with Gasteiger partial charge in [-0.15, -0.1) is 11.3 Å². The van der Waals surface area contributed by atoms with Gasteiger partial charge in [-0.3, -0.25) is 4.79 Å². The summed E-state index contributed by atoms with van der Waals surface area (Å²) in [6, 6.07) is 13.2. The molecule has 1 aromatic heterocycles. The first kappa shape index (κ1) is 21.3. The van der Waals surface area contributed by atoms with Gasteiger partial charge in [0.15, 0.2) is 5.01 Å². The molecule has 4 rings (SSSR count).